The molecule has 1 saturated heterocycles. The number of ether oxygens (including phenoxy) is 3. The van der Waals surface area contributed by atoms with Crippen LogP contribution in [0.3, 0.4) is 0 Å². The normalized spacial score (nSPS) is 15.5. The van der Waals surface area contributed by atoms with Crippen molar-refractivity contribution in [3.05, 3.63) is 64.7 Å². The summed E-state index contributed by atoms with van der Waals surface area (Å²) in [6, 6.07) is 16.5. The minimum atomic E-state index is -0.436. The number of benzene rings is 2. The second-order valence-electron chi connectivity index (χ2n) is 7.21. The van der Waals surface area contributed by atoms with Gasteiger partial charge in [-0.1, -0.05) is 24.3 Å². The largest absolute Gasteiger partial charge is 0.490 e. The van der Waals surface area contributed by atoms with Crippen LogP contribution in [0.4, 0.5) is 0 Å². The first kappa shape index (κ1) is 22.9. The Kier molecular flexibility index (Phi) is 8.25. The molecule has 1 fully saturated rings. The van der Waals surface area contributed by atoms with E-state index in [0.717, 1.165) is 18.4 Å². The molecule has 0 radical (unpaired) electrons. The van der Waals surface area contributed by atoms with Crippen molar-refractivity contribution in [2.45, 2.75) is 32.5 Å². The number of nitriles is 2. The van der Waals surface area contributed by atoms with Crippen LogP contribution in [0.15, 0.2) is 48.0 Å². The van der Waals surface area contributed by atoms with Gasteiger partial charge in [0, 0.05) is 18.7 Å². The van der Waals surface area contributed by atoms with Gasteiger partial charge in [0.2, 0.25) is 0 Å². The van der Waals surface area contributed by atoms with Crippen LogP contribution in [0.25, 0.3) is 6.08 Å². The third kappa shape index (κ3) is 6.10. The van der Waals surface area contributed by atoms with Gasteiger partial charge in [0.25, 0.3) is 5.91 Å². The molecule has 0 aromatic heterocycles. The van der Waals surface area contributed by atoms with Crippen LogP contribution in [0.5, 0.6) is 11.5 Å². The van der Waals surface area contributed by atoms with Crippen LogP contribution in [0.2, 0.25) is 0 Å². The van der Waals surface area contributed by atoms with Crippen molar-refractivity contribution in [1.82, 2.24) is 5.32 Å². The molecule has 0 unspecified atom stereocenters. The van der Waals surface area contributed by atoms with Crippen molar-refractivity contribution < 1.29 is 19.0 Å². The summed E-state index contributed by atoms with van der Waals surface area (Å²) < 4.78 is 17.1. The average molecular weight is 431 g/mol. The molecule has 1 amide bonds. The fourth-order valence-electron chi connectivity index (χ4n) is 3.34. The van der Waals surface area contributed by atoms with Crippen LogP contribution in [0, 0.1) is 22.7 Å². The molecular weight excluding hydrogens is 406 g/mol. The summed E-state index contributed by atoms with van der Waals surface area (Å²) in [5.74, 6) is 0.570. The quantitative estimate of drug-likeness (QED) is 0.479. The summed E-state index contributed by atoms with van der Waals surface area (Å²) in [5.41, 5.74) is 1.97. The molecule has 2 aromatic carbocycles. The zero-order valence-electron chi connectivity index (χ0n) is 18.0. The van der Waals surface area contributed by atoms with Gasteiger partial charge in [-0.2, -0.15) is 10.5 Å². The highest BCUT2D eigenvalue weighted by molar-refractivity contribution is 6.01. The maximum atomic E-state index is 12.4. The summed E-state index contributed by atoms with van der Waals surface area (Å²) in [7, 11) is 0. The summed E-state index contributed by atoms with van der Waals surface area (Å²) in [4.78, 5) is 12.4. The molecule has 1 N–H and O–H groups in total. The highest BCUT2D eigenvalue weighted by Crippen LogP contribution is 2.30. The molecule has 32 heavy (non-hydrogen) atoms. The fourth-order valence-corrected chi connectivity index (χ4v) is 3.34. The number of rotatable bonds is 9. The molecule has 0 aliphatic carbocycles. The van der Waals surface area contributed by atoms with Gasteiger partial charge >= 0.3 is 0 Å². The Morgan fingerprint density at radius 1 is 1.22 bits per heavy atom. The molecule has 1 aliphatic rings. The van der Waals surface area contributed by atoms with E-state index in [4.69, 9.17) is 14.2 Å². The van der Waals surface area contributed by atoms with Crippen molar-refractivity contribution in [3.63, 3.8) is 0 Å². The summed E-state index contributed by atoms with van der Waals surface area (Å²) in [6.07, 6.45) is 3.41. The van der Waals surface area contributed by atoms with Gasteiger partial charge < -0.3 is 19.5 Å². The number of hydrogen-bond acceptors (Lipinski definition) is 6. The Labute approximate surface area is 187 Å². The lowest BCUT2D eigenvalue weighted by molar-refractivity contribution is -0.117. The zero-order valence-corrected chi connectivity index (χ0v) is 18.0. The van der Waals surface area contributed by atoms with Crippen LogP contribution in [-0.4, -0.2) is 31.8 Å². The summed E-state index contributed by atoms with van der Waals surface area (Å²) in [5, 5.41) is 21.4. The maximum absolute atomic E-state index is 12.4. The predicted molar refractivity (Wildman–Crippen MR) is 119 cm³/mol. The van der Waals surface area contributed by atoms with Gasteiger partial charge in [0.1, 0.15) is 18.2 Å². The molecule has 7 nitrogen and oxygen atoms in total. The minimum Gasteiger partial charge on any atom is -0.490 e. The van der Waals surface area contributed by atoms with Gasteiger partial charge in [-0.3, -0.25) is 4.79 Å². The lowest BCUT2D eigenvalue weighted by Crippen LogP contribution is -2.32. The standard InChI is InChI=1S/C25H25N3O4/c1-2-30-24-13-18(12-21(15-27)25(29)28-16-22-8-5-11-31-22)9-10-23(24)32-17-20-7-4-3-6-19(20)14-26/h3-4,6-7,9-10,12-13,22H,2,5,8,11,16-17H2,1H3,(H,28,29)/b21-12+/t22-/m0/s1. The van der Waals surface area contributed by atoms with E-state index in [9.17, 15) is 15.3 Å². The van der Waals surface area contributed by atoms with E-state index >= 15 is 0 Å². The summed E-state index contributed by atoms with van der Waals surface area (Å²) in [6.45, 7) is 3.59. The minimum absolute atomic E-state index is 0.00191. The lowest BCUT2D eigenvalue weighted by atomic mass is 10.1. The topological polar surface area (TPSA) is 104 Å². The number of amides is 1. The maximum Gasteiger partial charge on any atom is 0.262 e. The Balaban J connectivity index is 1.72. The molecule has 1 aliphatic heterocycles. The van der Waals surface area contributed by atoms with E-state index in [1.54, 1.807) is 30.3 Å². The van der Waals surface area contributed by atoms with Gasteiger partial charge in [-0.05, 0) is 49.6 Å². The van der Waals surface area contributed by atoms with Crippen LogP contribution < -0.4 is 14.8 Å². The first-order valence-electron chi connectivity index (χ1n) is 10.5. The number of carbonyl (C=O) groups is 1. The lowest BCUT2D eigenvalue weighted by Gasteiger charge is -2.13. The third-order valence-electron chi connectivity index (χ3n) is 4.98. The Morgan fingerprint density at radius 3 is 2.78 bits per heavy atom. The molecule has 1 atom stereocenters. The Hall–Kier alpha value is -3.81. The SMILES string of the molecule is CCOc1cc(/C=C(\C#N)C(=O)NC[C@@H]2CCCO2)ccc1OCc1ccccc1C#N. The molecule has 0 spiro atoms. The van der Waals surface area contributed by atoms with Crippen LogP contribution >= 0.6 is 0 Å². The van der Waals surface area contributed by atoms with Gasteiger partial charge in [-0.15, -0.1) is 0 Å². The van der Waals surface area contributed by atoms with Crippen LogP contribution in [0.1, 0.15) is 36.5 Å². The fraction of sp³-hybridized carbons (Fsp3) is 0.320. The zero-order chi connectivity index (χ0) is 22.8. The van der Waals surface area contributed by atoms with Crippen molar-refractivity contribution in [3.8, 4) is 23.6 Å². The Bertz CT molecular complexity index is 1060. The molecule has 3 rings (SSSR count). The Morgan fingerprint density at radius 2 is 2.06 bits per heavy atom. The monoisotopic (exact) mass is 431 g/mol. The third-order valence-corrected chi connectivity index (χ3v) is 4.98. The van der Waals surface area contributed by atoms with Crippen molar-refractivity contribution >= 4 is 12.0 Å². The molecule has 2 aromatic rings. The average Bonchev–Trinajstić information content (AvgIpc) is 3.34. The van der Waals surface area contributed by atoms with Gasteiger partial charge in [0.05, 0.1) is 24.3 Å². The van der Waals surface area contributed by atoms with E-state index < -0.39 is 5.91 Å². The number of hydrogen-bond donors (Lipinski definition) is 1. The first-order valence-corrected chi connectivity index (χ1v) is 10.5. The smallest absolute Gasteiger partial charge is 0.262 e. The van der Waals surface area contributed by atoms with Gasteiger partial charge in [0.15, 0.2) is 11.5 Å². The highest BCUT2D eigenvalue weighted by atomic mass is 16.5. The molecule has 0 saturated carbocycles. The van der Waals surface area contributed by atoms with Crippen molar-refractivity contribution in [2.75, 3.05) is 19.8 Å². The molecule has 0 bridgehead atoms. The molecule has 7 heteroatoms. The number of carbonyl (C=O) groups excluding carboxylic acids is 1. The van der Waals surface area contributed by atoms with Crippen LogP contribution in [-0.2, 0) is 16.1 Å². The molecular formula is C25H25N3O4. The second kappa shape index (κ2) is 11.5. The van der Waals surface area contributed by atoms with E-state index in [2.05, 4.69) is 11.4 Å². The summed E-state index contributed by atoms with van der Waals surface area (Å²) >= 11 is 0. The van der Waals surface area contributed by atoms with E-state index in [1.807, 2.05) is 25.1 Å². The first-order chi connectivity index (χ1) is 15.6. The predicted octanol–water partition coefficient (Wildman–Crippen LogP) is 3.74. The highest BCUT2D eigenvalue weighted by Gasteiger charge is 2.18. The molecule has 1 heterocycles. The molecule has 164 valence electrons. The number of nitrogens with one attached hydrogen (secondary N) is 1. The van der Waals surface area contributed by atoms with Crippen molar-refractivity contribution in [2.24, 2.45) is 0 Å². The van der Waals surface area contributed by atoms with E-state index in [-0.39, 0.29) is 18.3 Å². The van der Waals surface area contributed by atoms with Gasteiger partial charge in [-0.25, -0.2) is 0 Å². The number of nitrogens with zero attached hydrogens (tertiary/aromatic N) is 2. The van der Waals surface area contributed by atoms with E-state index in [1.165, 1.54) is 6.08 Å². The van der Waals surface area contributed by atoms with Crippen molar-refractivity contribution in [1.29, 1.82) is 10.5 Å². The second-order valence-corrected chi connectivity index (χ2v) is 7.21. The van der Waals surface area contributed by atoms with E-state index in [0.29, 0.717) is 42.4 Å².